The lowest BCUT2D eigenvalue weighted by molar-refractivity contribution is -0.00806. The zero-order valence-corrected chi connectivity index (χ0v) is 17.8. The first-order valence-electron chi connectivity index (χ1n) is 8.98. The number of halogens is 2. The molecule has 3 atom stereocenters. The molecule has 2 aliphatic rings. The second kappa shape index (κ2) is 8.55. The molecule has 2 fully saturated rings. The van der Waals surface area contributed by atoms with E-state index in [-0.39, 0.29) is 47.9 Å². The third kappa shape index (κ3) is 4.43. The van der Waals surface area contributed by atoms with Crippen LogP contribution in [0.1, 0.15) is 29.6 Å². The smallest absolute Gasteiger partial charge is 0.194 e. The summed E-state index contributed by atoms with van der Waals surface area (Å²) >= 11 is 0. The Morgan fingerprint density at radius 2 is 2.19 bits per heavy atom. The zero-order chi connectivity index (χ0) is 18.1. The van der Waals surface area contributed by atoms with Gasteiger partial charge in [0.15, 0.2) is 5.96 Å². The first-order chi connectivity index (χ1) is 12.7. The average Bonchev–Trinajstić information content (AvgIpc) is 3.29. The van der Waals surface area contributed by atoms with Crippen LogP contribution in [-0.4, -0.2) is 53.4 Å². The molecule has 1 aliphatic heterocycles. The van der Waals surface area contributed by atoms with Gasteiger partial charge in [0.25, 0.3) is 0 Å². The number of nitrogens with one attached hydrogen (secondary N) is 1. The molecule has 0 spiro atoms. The SMILES string of the molecule is CN=C(NC1CC1c1ccccc1F)N1CCOC(c2cnn(C)c2)C1.I. The van der Waals surface area contributed by atoms with Crippen molar-refractivity contribution in [1.82, 2.24) is 20.0 Å². The maximum Gasteiger partial charge on any atom is 0.194 e. The third-order valence-corrected chi connectivity index (χ3v) is 5.08. The molecule has 8 heteroatoms. The summed E-state index contributed by atoms with van der Waals surface area (Å²) in [6.07, 6.45) is 4.74. The molecule has 6 nitrogen and oxygen atoms in total. The predicted molar refractivity (Wildman–Crippen MR) is 113 cm³/mol. The van der Waals surface area contributed by atoms with Crippen molar-refractivity contribution in [2.75, 3.05) is 26.7 Å². The lowest BCUT2D eigenvalue weighted by Gasteiger charge is -2.34. The maximum atomic E-state index is 14.0. The van der Waals surface area contributed by atoms with Crippen LogP contribution in [0.2, 0.25) is 0 Å². The number of aryl methyl sites for hydroxylation is 1. The highest BCUT2D eigenvalue weighted by atomic mass is 127. The summed E-state index contributed by atoms with van der Waals surface area (Å²) in [5.74, 6) is 0.939. The molecule has 0 amide bonds. The van der Waals surface area contributed by atoms with E-state index >= 15 is 0 Å². The van der Waals surface area contributed by atoms with Crippen molar-refractivity contribution in [3.63, 3.8) is 0 Å². The van der Waals surface area contributed by atoms with Gasteiger partial charge in [-0.1, -0.05) is 18.2 Å². The number of aliphatic imine (C=N–C) groups is 1. The molecular weight excluding hydrogens is 460 g/mol. The summed E-state index contributed by atoms with van der Waals surface area (Å²) in [6, 6.07) is 7.25. The van der Waals surface area contributed by atoms with Gasteiger partial charge in [0.1, 0.15) is 11.9 Å². The summed E-state index contributed by atoms with van der Waals surface area (Å²) in [5.41, 5.74) is 1.86. The van der Waals surface area contributed by atoms with E-state index in [0.717, 1.165) is 36.6 Å². The first kappa shape index (κ1) is 20.1. The van der Waals surface area contributed by atoms with Gasteiger partial charge >= 0.3 is 0 Å². The van der Waals surface area contributed by atoms with E-state index in [9.17, 15) is 4.39 Å². The van der Waals surface area contributed by atoms with Crippen LogP contribution < -0.4 is 5.32 Å². The highest BCUT2D eigenvalue weighted by Gasteiger charge is 2.41. The Kier molecular flexibility index (Phi) is 6.36. The van der Waals surface area contributed by atoms with Crippen molar-refractivity contribution in [3.8, 4) is 0 Å². The summed E-state index contributed by atoms with van der Waals surface area (Å²) in [5, 5.41) is 7.73. The summed E-state index contributed by atoms with van der Waals surface area (Å²) in [7, 11) is 3.69. The van der Waals surface area contributed by atoms with E-state index in [1.807, 2.05) is 31.6 Å². The predicted octanol–water partition coefficient (Wildman–Crippen LogP) is 2.68. The van der Waals surface area contributed by atoms with Gasteiger partial charge in [-0.25, -0.2) is 4.39 Å². The molecule has 2 heterocycles. The van der Waals surface area contributed by atoms with Crippen molar-refractivity contribution in [2.24, 2.45) is 12.0 Å². The van der Waals surface area contributed by atoms with Crippen LogP contribution >= 0.6 is 24.0 Å². The maximum absolute atomic E-state index is 14.0. The van der Waals surface area contributed by atoms with E-state index in [1.54, 1.807) is 17.8 Å². The van der Waals surface area contributed by atoms with Crippen molar-refractivity contribution >= 4 is 29.9 Å². The lowest BCUT2D eigenvalue weighted by atomic mass is 10.1. The fourth-order valence-corrected chi connectivity index (χ4v) is 3.59. The van der Waals surface area contributed by atoms with Crippen LogP contribution in [0, 0.1) is 5.82 Å². The largest absolute Gasteiger partial charge is 0.370 e. The highest BCUT2D eigenvalue weighted by molar-refractivity contribution is 14.0. The molecular formula is C19H25FIN5O. The van der Waals surface area contributed by atoms with Crippen LogP contribution in [0.4, 0.5) is 4.39 Å². The number of ether oxygens (including phenoxy) is 1. The fourth-order valence-electron chi connectivity index (χ4n) is 3.59. The molecule has 3 unspecified atom stereocenters. The second-order valence-electron chi connectivity index (χ2n) is 6.91. The Labute approximate surface area is 175 Å². The molecule has 1 N–H and O–H groups in total. The Morgan fingerprint density at radius 3 is 2.89 bits per heavy atom. The minimum Gasteiger partial charge on any atom is -0.370 e. The fraction of sp³-hybridized carbons (Fsp3) is 0.474. The summed E-state index contributed by atoms with van der Waals surface area (Å²) in [6.45, 7) is 2.15. The van der Waals surface area contributed by atoms with E-state index < -0.39 is 0 Å². The first-order valence-corrected chi connectivity index (χ1v) is 8.98. The lowest BCUT2D eigenvalue weighted by Crippen LogP contribution is -2.48. The standard InChI is InChI=1S/C19H24FN5O.HI/c1-21-19(23-17-9-15(17)14-5-3-4-6-16(14)20)25-7-8-26-18(12-25)13-10-22-24(2)11-13;/h3-6,10-11,15,17-18H,7-9,12H2,1-2H3,(H,21,23);1H. The van der Waals surface area contributed by atoms with Crippen LogP contribution in [0.3, 0.4) is 0 Å². The van der Waals surface area contributed by atoms with Gasteiger partial charge in [0.05, 0.1) is 19.3 Å². The highest BCUT2D eigenvalue weighted by Crippen LogP contribution is 2.42. The zero-order valence-electron chi connectivity index (χ0n) is 15.5. The molecule has 4 rings (SSSR count). The minimum absolute atomic E-state index is 0. The third-order valence-electron chi connectivity index (χ3n) is 5.08. The molecule has 0 bridgehead atoms. The number of hydrogen-bond acceptors (Lipinski definition) is 3. The molecule has 1 aromatic carbocycles. The van der Waals surface area contributed by atoms with Crippen LogP contribution in [0.15, 0.2) is 41.7 Å². The average molecular weight is 485 g/mol. The number of morpholine rings is 1. The quantitative estimate of drug-likeness (QED) is 0.413. The van der Waals surface area contributed by atoms with Gasteiger partial charge < -0.3 is 15.0 Å². The normalized spacial score (nSPS) is 25.1. The molecule has 0 radical (unpaired) electrons. The Bertz CT molecular complexity index is 811. The Morgan fingerprint density at radius 1 is 1.37 bits per heavy atom. The van der Waals surface area contributed by atoms with E-state index in [0.29, 0.717) is 6.61 Å². The number of rotatable bonds is 3. The number of aromatic nitrogens is 2. The second-order valence-corrected chi connectivity index (χ2v) is 6.91. The van der Waals surface area contributed by atoms with Gasteiger partial charge in [-0.05, 0) is 18.1 Å². The number of nitrogens with zero attached hydrogens (tertiary/aromatic N) is 4. The number of hydrogen-bond donors (Lipinski definition) is 1. The molecule has 1 saturated heterocycles. The van der Waals surface area contributed by atoms with Crippen molar-refractivity contribution in [1.29, 1.82) is 0 Å². The molecule has 146 valence electrons. The molecule has 1 aromatic heterocycles. The molecule has 1 aliphatic carbocycles. The van der Waals surface area contributed by atoms with Crippen molar-refractivity contribution < 1.29 is 9.13 Å². The van der Waals surface area contributed by atoms with Crippen LogP contribution in [-0.2, 0) is 11.8 Å². The number of guanidine groups is 1. The molecule has 1 saturated carbocycles. The van der Waals surface area contributed by atoms with Gasteiger partial charge in [-0.15, -0.1) is 24.0 Å². The Balaban J connectivity index is 0.00000210. The van der Waals surface area contributed by atoms with E-state index in [4.69, 9.17) is 4.74 Å². The minimum atomic E-state index is -0.125. The molecule has 2 aromatic rings. The monoisotopic (exact) mass is 485 g/mol. The van der Waals surface area contributed by atoms with Crippen molar-refractivity contribution in [3.05, 3.63) is 53.6 Å². The Hall–Kier alpha value is -1.68. The summed E-state index contributed by atoms with van der Waals surface area (Å²) in [4.78, 5) is 6.64. The van der Waals surface area contributed by atoms with Gasteiger partial charge in [0.2, 0.25) is 0 Å². The van der Waals surface area contributed by atoms with Gasteiger partial charge in [-0.3, -0.25) is 9.67 Å². The van der Waals surface area contributed by atoms with Crippen LogP contribution in [0.25, 0.3) is 0 Å². The van der Waals surface area contributed by atoms with Gasteiger partial charge in [0, 0.05) is 44.4 Å². The molecule has 27 heavy (non-hydrogen) atoms. The van der Waals surface area contributed by atoms with Crippen LogP contribution in [0.5, 0.6) is 0 Å². The number of benzene rings is 1. The van der Waals surface area contributed by atoms with Gasteiger partial charge in [-0.2, -0.15) is 5.10 Å². The van der Waals surface area contributed by atoms with E-state index in [2.05, 4.69) is 20.3 Å². The van der Waals surface area contributed by atoms with E-state index in [1.165, 1.54) is 6.07 Å². The van der Waals surface area contributed by atoms with Crippen molar-refractivity contribution in [2.45, 2.75) is 24.5 Å². The summed E-state index contributed by atoms with van der Waals surface area (Å²) < 4.78 is 21.7. The topological polar surface area (TPSA) is 54.7 Å².